The van der Waals surface area contributed by atoms with Gasteiger partial charge in [-0.25, -0.2) is 0 Å². The fourth-order valence-corrected chi connectivity index (χ4v) is 3.74. The van der Waals surface area contributed by atoms with Crippen molar-refractivity contribution in [1.82, 2.24) is 0 Å². The van der Waals surface area contributed by atoms with Crippen LogP contribution in [0.4, 0.5) is 0 Å². The molecule has 0 unspecified atom stereocenters. The van der Waals surface area contributed by atoms with E-state index >= 15 is 0 Å². The van der Waals surface area contributed by atoms with Crippen molar-refractivity contribution in [3.63, 3.8) is 0 Å². The fraction of sp³-hybridized carbons (Fsp3) is 0. The standard InChI is InChI=1S/C12H12IN2O2/c14-16-11-5-1-3-9(7-11)13-10-4-2-6-12(8-10)17-15/h1-8H,14-15H2/q-1. The van der Waals surface area contributed by atoms with E-state index in [1.165, 1.54) is 7.14 Å². The Kier molecular flexibility index (Phi) is 4.18. The third-order valence-corrected chi connectivity index (χ3v) is 4.67. The van der Waals surface area contributed by atoms with Crippen LogP contribution in [-0.4, -0.2) is 0 Å². The Labute approximate surface area is 110 Å². The van der Waals surface area contributed by atoms with Gasteiger partial charge in [0.2, 0.25) is 0 Å². The second kappa shape index (κ2) is 5.85. The molecule has 0 aliphatic heterocycles. The minimum atomic E-state index is -0.288. The monoisotopic (exact) mass is 343 g/mol. The summed E-state index contributed by atoms with van der Waals surface area (Å²) in [6, 6.07) is 15.5. The molecule has 0 aliphatic rings. The van der Waals surface area contributed by atoms with Gasteiger partial charge in [-0.15, -0.1) is 0 Å². The van der Waals surface area contributed by atoms with Crippen molar-refractivity contribution < 1.29 is 30.9 Å². The fourth-order valence-electron chi connectivity index (χ4n) is 1.32. The molecule has 0 bridgehead atoms. The van der Waals surface area contributed by atoms with E-state index in [1.807, 2.05) is 36.4 Å². The van der Waals surface area contributed by atoms with E-state index in [2.05, 4.69) is 12.1 Å². The average molecular weight is 343 g/mol. The average Bonchev–Trinajstić information content (AvgIpc) is 2.39. The summed E-state index contributed by atoms with van der Waals surface area (Å²) >= 11 is -0.288. The van der Waals surface area contributed by atoms with Gasteiger partial charge in [0.05, 0.1) is 0 Å². The van der Waals surface area contributed by atoms with E-state index in [9.17, 15) is 0 Å². The van der Waals surface area contributed by atoms with E-state index in [-0.39, 0.29) is 21.2 Å². The van der Waals surface area contributed by atoms with Crippen LogP contribution in [0.15, 0.2) is 48.5 Å². The van der Waals surface area contributed by atoms with Crippen LogP contribution < -0.4 is 42.7 Å². The molecule has 0 radical (unpaired) electrons. The molecule has 17 heavy (non-hydrogen) atoms. The summed E-state index contributed by atoms with van der Waals surface area (Å²) in [5.74, 6) is 11.6. The van der Waals surface area contributed by atoms with E-state index in [0.29, 0.717) is 11.5 Å². The quantitative estimate of drug-likeness (QED) is 0.514. The van der Waals surface area contributed by atoms with Gasteiger partial charge in [0.25, 0.3) is 0 Å². The molecule has 0 saturated carbocycles. The Balaban J connectivity index is 2.18. The van der Waals surface area contributed by atoms with Gasteiger partial charge < -0.3 is 0 Å². The van der Waals surface area contributed by atoms with Gasteiger partial charge in [0, 0.05) is 0 Å². The molecule has 0 heterocycles. The number of benzene rings is 2. The first-order chi connectivity index (χ1) is 8.31. The van der Waals surface area contributed by atoms with Gasteiger partial charge in [-0.2, -0.15) is 0 Å². The summed E-state index contributed by atoms with van der Waals surface area (Å²) in [6.45, 7) is 0. The van der Waals surface area contributed by atoms with Crippen LogP contribution in [-0.2, 0) is 0 Å². The summed E-state index contributed by atoms with van der Waals surface area (Å²) in [4.78, 5) is 9.42. The molecular weight excluding hydrogens is 331 g/mol. The molecule has 0 spiro atoms. The van der Waals surface area contributed by atoms with Gasteiger partial charge in [-0.1, -0.05) is 0 Å². The molecule has 0 amide bonds. The first-order valence-electron chi connectivity index (χ1n) is 4.90. The van der Waals surface area contributed by atoms with E-state index < -0.39 is 0 Å². The molecule has 0 atom stereocenters. The number of nitrogens with two attached hydrogens (primary N) is 2. The molecule has 0 fully saturated rings. The normalized spacial score (nSPS) is 10.2. The van der Waals surface area contributed by atoms with Crippen molar-refractivity contribution in [3.8, 4) is 11.5 Å². The predicted molar refractivity (Wildman–Crippen MR) is 59.9 cm³/mol. The zero-order chi connectivity index (χ0) is 12.1. The SMILES string of the molecule is NOc1cccc([I-]c2cccc(ON)c2)c1. The second-order valence-electron chi connectivity index (χ2n) is 3.24. The molecule has 0 saturated heterocycles. The first-order valence-corrected chi connectivity index (χ1v) is 7.06. The number of hydrogen-bond donors (Lipinski definition) is 2. The summed E-state index contributed by atoms with van der Waals surface area (Å²) in [5.41, 5.74) is 0. The number of halogens is 1. The Morgan fingerprint density at radius 2 is 1.24 bits per heavy atom. The maximum absolute atomic E-state index is 5.13. The Bertz CT molecular complexity index is 460. The van der Waals surface area contributed by atoms with Gasteiger partial charge in [-0.05, 0) is 0 Å². The zero-order valence-corrected chi connectivity index (χ0v) is 11.1. The van der Waals surface area contributed by atoms with Crippen LogP contribution in [0.3, 0.4) is 0 Å². The molecule has 2 rings (SSSR count). The molecule has 2 aromatic rings. The van der Waals surface area contributed by atoms with E-state index in [0.717, 1.165) is 0 Å². The van der Waals surface area contributed by atoms with Crippen LogP contribution in [0.1, 0.15) is 0 Å². The third-order valence-electron chi connectivity index (χ3n) is 2.08. The van der Waals surface area contributed by atoms with Crippen molar-refractivity contribution >= 4 is 0 Å². The zero-order valence-electron chi connectivity index (χ0n) is 8.97. The van der Waals surface area contributed by atoms with Gasteiger partial charge in [0.15, 0.2) is 0 Å². The second-order valence-corrected chi connectivity index (χ2v) is 6.28. The molecule has 5 heteroatoms. The van der Waals surface area contributed by atoms with E-state index in [1.54, 1.807) is 0 Å². The molecular formula is C12H12IN2O2-. The van der Waals surface area contributed by atoms with Crippen LogP contribution in [0, 0.1) is 7.14 Å². The predicted octanol–water partition coefficient (Wildman–Crippen LogP) is -1.68. The number of rotatable bonds is 4. The Morgan fingerprint density at radius 1 is 0.765 bits per heavy atom. The molecule has 4 nitrogen and oxygen atoms in total. The van der Waals surface area contributed by atoms with Gasteiger partial charge >= 0.3 is 110 Å². The van der Waals surface area contributed by atoms with Crippen LogP contribution in [0.5, 0.6) is 11.5 Å². The Morgan fingerprint density at radius 3 is 1.65 bits per heavy atom. The summed E-state index contributed by atoms with van der Waals surface area (Å²) in [6.07, 6.45) is 0. The van der Waals surface area contributed by atoms with Crippen LogP contribution in [0.2, 0.25) is 0 Å². The minimum absolute atomic E-state index is 0.288. The maximum atomic E-state index is 5.13. The third kappa shape index (κ3) is 3.32. The topological polar surface area (TPSA) is 70.5 Å². The summed E-state index contributed by atoms with van der Waals surface area (Å²) < 4.78 is 2.45. The molecule has 0 aromatic heterocycles. The van der Waals surface area contributed by atoms with E-state index in [4.69, 9.17) is 21.5 Å². The number of hydrogen-bond acceptors (Lipinski definition) is 4. The van der Waals surface area contributed by atoms with Crippen LogP contribution >= 0.6 is 0 Å². The summed E-state index contributed by atoms with van der Waals surface area (Å²) in [5, 5.41) is 0. The molecule has 0 aliphatic carbocycles. The van der Waals surface area contributed by atoms with Crippen LogP contribution in [0.25, 0.3) is 0 Å². The molecule has 2 aromatic carbocycles. The molecule has 90 valence electrons. The van der Waals surface area contributed by atoms with Gasteiger partial charge in [-0.3, -0.25) is 0 Å². The van der Waals surface area contributed by atoms with Crippen molar-refractivity contribution in [2.24, 2.45) is 11.8 Å². The van der Waals surface area contributed by atoms with Crippen molar-refractivity contribution in [1.29, 1.82) is 0 Å². The van der Waals surface area contributed by atoms with Crippen molar-refractivity contribution in [2.75, 3.05) is 0 Å². The summed E-state index contributed by atoms with van der Waals surface area (Å²) in [7, 11) is 0. The Hall–Kier alpha value is -1.31. The molecule has 4 N–H and O–H groups in total. The first kappa shape index (κ1) is 12.2. The van der Waals surface area contributed by atoms with Gasteiger partial charge in [0.1, 0.15) is 0 Å². The van der Waals surface area contributed by atoms with Crippen molar-refractivity contribution in [3.05, 3.63) is 55.7 Å². The van der Waals surface area contributed by atoms with Crippen molar-refractivity contribution in [2.45, 2.75) is 0 Å².